The first-order valence-corrected chi connectivity index (χ1v) is 10.7. The molecule has 1 spiro atoms. The Morgan fingerprint density at radius 3 is 2.55 bits per heavy atom. The number of carbonyl (C=O) groups excluding carboxylic acids is 1. The first-order valence-electron chi connectivity index (χ1n) is 10.4. The zero-order valence-electron chi connectivity index (χ0n) is 16.3. The van der Waals surface area contributed by atoms with Gasteiger partial charge in [-0.15, -0.1) is 0 Å². The lowest BCUT2D eigenvalue weighted by atomic mass is 9.54. The van der Waals surface area contributed by atoms with Crippen molar-refractivity contribution in [1.82, 2.24) is 9.97 Å². The van der Waals surface area contributed by atoms with Crippen LogP contribution in [0.25, 0.3) is 10.9 Å². The number of hydrogen-bond acceptors (Lipinski definition) is 3. The van der Waals surface area contributed by atoms with Gasteiger partial charge in [-0.1, -0.05) is 11.6 Å². The van der Waals surface area contributed by atoms with Gasteiger partial charge in [0.15, 0.2) is 0 Å². The third kappa shape index (κ3) is 3.62. The van der Waals surface area contributed by atoms with Gasteiger partial charge in [0.25, 0.3) is 0 Å². The Balaban J connectivity index is 1.19. The molecule has 0 radical (unpaired) electrons. The zero-order valence-corrected chi connectivity index (χ0v) is 17.0. The summed E-state index contributed by atoms with van der Waals surface area (Å²) in [7, 11) is 0. The predicted octanol–water partition coefficient (Wildman–Crippen LogP) is 5.98. The molecule has 5 rings (SSSR count). The van der Waals surface area contributed by atoms with Crippen molar-refractivity contribution in [2.24, 2.45) is 11.3 Å². The molecule has 1 N–H and O–H groups in total. The van der Waals surface area contributed by atoms with Crippen LogP contribution in [0.2, 0.25) is 5.02 Å². The van der Waals surface area contributed by atoms with E-state index < -0.39 is 0 Å². The molecule has 0 atom stereocenters. The number of hydrogen-bond donors (Lipinski definition) is 1. The van der Waals surface area contributed by atoms with E-state index in [4.69, 9.17) is 11.6 Å². The van der Waals surface area contributed by atoms with Crippen LogP contribution in [0.15, 0.2) is 55.0 Å². The largest absolute Gasteiger partial charge is 0.326 e. The Morgan fingerprint density at radius 1 is 1.03 bits per heavy atom. The molecule has 29 heavy (non-hydrogen) atoms. The summed E-state index contributed by atoms with van der Waals surface area (Å²) in [5.74, 6) is 0.844. The van der Waals surface area contributed by atoms with Gasteiger partial charge in [0.1, 0.15) is 0 Å². The molecule has 2 aliphatic carbocycles. The molecule has 0 bridgehead atoms. The lowest BCUT2D eigenvalue weighted by Gasteiger charge is -2.51. The molecule has 3 aromatic rings. The van der Waals surface area contributed by atoms with Gasteiger partial charge in [-0.05, 0) is 91.8 Å². The smallest absolute Gasteiger partial charge is 0.227 e. The Hall–Kier alpha value is -2.46. The Bertz CT molecular complexity index is 1030. The number of amides is 1. The molecule has 2 aromatic heterocycles. The van der Waals surface area contributed by atoms with E-state index in [1.54, 1.807) is 18.3 Å². The number of carbonyl (C=O) groups is 1. The van der Waals surface area contributed by atoms with Crippen molar-refractivity contribution in [3.8, 4) is 0 Å². The summed E-state index contributed by atoms with van der Waals surface area (Å²) in [5.41, 5.74) is 3.59. The summed E-state index contributed by atoms with van der Waals surface area (Å²) in [6.07, 6.45) is 12.5. The third-order valence-electron chi connectivity index (χ3n) is 6.90. The van der Waals surface area contributed by atoms with E-state index >= 15 is 0 Å². The molecule has 2 heterocycles. The minimum Gasteiger partial charge on any atom is -0.326 e. The highest BCUT2D eigenvalue weighted by Crippen LogP contribution is 2.57. The summed E-state index contributed by atoms with van der Waals surface area (Å²) < 4.78 is 0. The maximum absolute atomic E-state index is 12.6. The summed E-state index contributed by atoms with van der Waals surface area (Å²) in [5, 5.41) is 4.90. The standard InChI is InChI=1S/C24H24ClN3O/c25-18-1-3-19(4-2-18)28-23(29)17-13-24(14-17)9-5-16(6-10-24)20-7-12-27-22-8-11-26-15-21(20)22/h1-4,7-8,11-12,15-17H,5-6,9-10,13-14H2,(H,28,29). The molecule has 148 valence electrons. The number of pyridine rings is 2. The Morgan fingerprint density at radius 2 is 1.79 bits per heavy atom. The van der Waals surface area contributed by atoms with Crippen LogP contribution >= 0.6 is 11.6 Å². The number of anilines is 1. The molecule has 5 heteroatoms. The zero-order chi connectivity index (χ0) is 19.8. The molecule has 2 fully saturated rings. The summed E-state index contributed by atoms with van der Waals surface area (Å²) in [6, 6.07) is 11.5. The summed E-state index contributed by atoms with van der Waals surface area (Å²) >= 11 is 5.92. The van der Waals surface area contributed by atoms with Crippen molar-refractivity contribution < 1.29 is 4.79 Å². The van der Waals surface area contributed by atoms with Crippen molar-refractivity contribution in [3.05, 3.63) is 65.6 Å². The topological polar surface area (TPSA) is 54.9 Å². The van der Waals surface area contributed by atoms with Gasteiger partial charge in [0.05, 0.1) is 5.52 Å². The van der Waals surface area contributed by atoms with Crippen LogP contribution in [0, 0.1) is 11.3 Å². The number of nitrogens with zero attached hydrogens (tertiary/aromatic N) is 2. The van der Waals surface area contributed by atoms with Gasteiger partial charge >= 0.3 is 0 Å². The monoisotopic (exact) mass is 405 g/mol. The van der Waals surface area contributed by atoms with Crippen molar-refractivity contribution in [2.75, 3.05) is 5.32 Å². The normalized spacial score (nSPS) is 26.2. The molecular weight excluding hydrogens is 382 g/mol. The second kappa shape index (κ2) is 7.42. The van der Waals surface area contributed by atoms with E-state index in [1.165, 1.54) is 36.6 Å². The second-order valence-corrected chi connectivity index (χ2v) is 9.11. The second-order valence-electron chi connectivity index (χ2n) is 8.67. The summed E-state index contributed by atoms with van der Waals surface area (Å²) in [4.78, 5) is 21.4. The lowest BCUT2D eigenvalue weighted by Crippen LogP contribution is -2.45. The number of halogens is 1. The van der Waals surface area contributed by atoms with Gasteiger partial charge in [-0.25, -0.2) is 0 Å². The fourth-order valence-electron chi connectivity index (χ4n) is 5.26. The van der Waals surface area contributed by atoms with Crippen LogP contribution in [0.1, 0.15) is 50.0 Å². The Kier molecular flexibility index (Phi) is 4.75. The molecule has 1 amide bonds. The van der Waals surface area contributed by atoms with Gasteiger partial charge in [0, 0.05) is 40.6 Å². The molecule has 4 nitrogen and oxygen atoms in total. The molecule has 0 aliphatic heterocycles. The van der Waals surface area contributed by atoms with Crippen LogP contribution in [-0.4, -0.2) is 15.9 Å². The highest BCUT2D eigenvalue weighted by Gasteiger charge is 2.48. The van der Waals surface area contributed by atoms with Crippen molar-refractivity contribution >= 4 is 34.1 Å². The van der Waals surface area contributed by atoms with Gasteiger partial charge < -0.3 is 5.32 Å². The van der Waals surface area contributed by atoms with Gasteiger partial charge in [-0.2, -0.15) is 0 Å². The predicted molar refractivity (Wildman–Crippen MR) is 116 cm³/mol. The lowest BCUT2D eigenvalue weighted by molar-refractivity contribution is -0.128. The number of rotatable bonds is 3. The van der Waals surface area contributed by atoms with Crippen LogP contribution in [0.3, 0.4) is 0 Å². The maximum atomic E-state index is 12.6. The quantitative estimate of drug-likeness (QED) is 0.583. The van der Waals surface area contributed by atoms with Crippen LogP contribution in [0.5, 0.6) is 0 Å². The van der Waals surface area contributed by atoms with E-state index in [2.05, 4.69) is 21.4 Å². The molecule has 0 unspecified atom stereocenters. The average Bonchev–Trinajstić information content (AvgIpc) is 2.73. The molecule has 2 saturated carbocycles. The van der Waals surface area contributed by atoms with E-state index in [-0.39, 0.29) is 11.8 Å². The molecule has 1 aromatic carbocycles. The fourth-order valence-corrected chi connectivity index (χ4v) is 5.39. The van der Waals surface area contributed by atoms with Gasteiger partial charge in [0.2, 0.25) is 5.91 Å². The Labute approximate surface area is 175 Å². The van der Waals surface area contributed by atoms with Crippen molar-refractivity contribution in [3.63, 3.8) is 0 Å². The first kappa shape index (κ1) is 18.6. The number of benzene rings is 1. The highest BCUT2D eigenvalue weighted by molar-refractivity contribution is 6.30. The van der Waals surface area contributed by atoms with E-state index in [1.807, 2.05) is 30.6 Å². The van der Waals surface area contributed by atoms with E-state index in [0.717, 1.165) is 24.0 Å². The fraction of sp³-hybridized carbons (Fsp3) is 0.375. The maximum Gasteiger partial charge on any atom is 0.227 e. The number of fused-ring (bicyclic) bond motifs is 1. The van der Waals surface area contributed by atoms with E-state index in [0.29, 0.717) is 16.4 Å². The highest BCUT2D eigenvalue weighted by atomic mass is 35.5. The minimum absolute atomic E-state index is 0.133. The minimum atomic E-state index is 0.133. The molecular formula is C24H24ClN3O. The number of nitrogens with one attached hydrogen (secondary N) is 1. The first-order chi connectivity index (χ1) is 14.1. The van der Waals surface area contributed by atoms with Crippen LogP contribution in [-0.2, 0) is 4.79 Å². The number of aromatic nitrogens is 2. The van der Waals surface area contributed by atoms with Crippen LogP contribution in [0.4, 0.5) is 5.69 Å². The summed E-state index contributed by atoms with van der Waals surface area (Å²) in [6.45, 7) is 0. The van der Waals surface area contributed by atoms with E-state index in [9.17, 15) is 4.79 Å². The average molecular weight is 406 g/mol. The molecule has 0 saturated heterocycles. The van der Waals surface area contributed by atoms with Crippen LogP contribution < -0.4 is 5.32 Å². The molecule has 2 aliphatic rings. The SMILES string of the molecule is O=C(Nc1ccc(Cl)cc1)C1CC2(CCC(c3ccnc4ccncc34)CC2)C1. The van der Waals surface area contributed by atoms with Crippen molar-refractivity contribution in [2.45, 2.75) is 44.4 Å². The van der Waals surface area contributed by atoms with Gasteiger partial charge in [-0.3, -0.25) is 14.8 Å². The van der Waals surface area contributed by atoms with Crippen molar-refractivity contribution in [1.29, 1.82) is 0 Å². The third-order valence-corrected chi connectivity index (χ3v) is 7.16.